The maximum Gasteiger partial charge on any atom is 0.263 e. The van der Waals surface area contributed by atoms with E-state index in [4.69, 9.17) is 16.3 Å². The Hall–Kier alpha value is -3.58. The highest BCUT2D eigenvalue weighted by molar-refractivity contribution is 6.32. The molecule has 0 aliphatic carbocycles. The molecule has 178 valence electrons. The molecule has 3 aromatic rings. The number of ether oxygens (including phenoxy) is 1. The summed E-state index contributed by atoms with van der Waals surface area (Å²) in [6.45, 7) is 7.23. The third-order valence-electron chi connectivity index (χ3n) is 5.36. The van der Waals surface area contributed by atoms with Gasteiger partial charge in [0.05, 0.1) is 11.6 Å². The van der Waals surface area contributed by atoms with Crippen molar-refractivity contribution in [1.82, 2.24) is 9.47 Å². The lowest BCUT2D eigenvalue weighted by Crippen LogP contribution is -2.34. The van der Waals surface area contributed by atoms with Crippen LogP contribution >= 0.6 is 11.6 Å². The zero-order valence-corrected chi connectivity index (χ0v) is 20.3. The molecule has 1 N–H and O–H groups in total. The molecule has 0 saturated carbocycles. The predicted molar refractivity (Wildman–Crippen MR) is 134 cm³/mol. The average Bonchev–Trinajstić information content (AvgIpc) is 2.80. The van der Waals surface area contributed by atoms with Crippen molar-refractivity contribution in [3.05, 3.63) is 92.9 Å². The molecule has 1 heterocycles. The number of carbonyl (C=O) groups excluding carboxylic acids is 2. The summed E-state index contributed by atoms with van der Waals surface area (Å²) in [5.74, 6) is -0.338. The molecule has 0 unspecified atom stereocenters. The molecule has 3 rings (SSSR count). The van der Waals surface area contributed by atoms with E-state index in [-0.39, 0.29) is 28.7 Å². The number of nitrogens with one attached hydrogen (secondary N) is 1. The van der Waals surface area contributed by atoms with Gasteiger partial charge in [0.1, 0.15) is 11.3 Å². The van der Waals surface area contributed by atoms with Crippen LogP contribution in [0.15, 0.2) is 65.6 Å². The zero-order chi connectivity index (χ0) is 24.7. The molecular formula is C26H28ClN3O4. The number of pyridine rings is 1. The summed E-state index contributed by atoms with van der Waals surface area (Å²) in [5, 5.41) is 2.95. The first-order valence-corrected chi connectivity index (χ1v) is 11.5. The maximum atomic E-state index is 12.9. The summed E-state index contributed by atoms with van der Waals surface area (Å²) >= 11 is 6.28. The van der Waals surface area contributed by atoms with Gasteiger partial charge in [0.15, 0.2) is 6.61 Å². The minimum absolute atomic E-state index is 0.0245. The number of likely N-dealkylation sites (N-methyl/N-ethyl adjacent to an activating group) is 1. The van der Waals surface area contributed by atoms with Crippen LogP contribution in [0.4, 0.5) is 5.69 Å². The molecule has 1 aromatic heterocycles. The van der Waals surface area contributed by atoms with Gasteiger partial charge in [0, 0.05) is 25.0 Å². The Morgan fingerprint density at radius 1 is 1.06 bits per heavy atom. The first-order valence-electron chi connectivity index (χ1n) is 11.1. The first-order chi connectivity index (χ1) is 16.3. The smallest absolute Gasteiger partial charge is 0.263 e. The van der Waals surface area contributed by atoms with Gasteiger partial charge in [-0.25, -0.2) is 0 Å². The van der Waals surface area contributed by atoms with Crippen molar-refractivity contribution in [2.24, 2.45) is 0 Å². The third-order valence-corrected chi connectivity index (χ3v) is 5.65. The van der Waals surface area contributed by atoms with Crippen molar-refractivity contribution in [2.75, 3.05) is 25.0 Å². The molecule has 0 radical (unpaired) electrons. The van der Waals surface area contributed by atoms with Crippen LogP contribution in [0.2, 0.25) is 5.02 Å². The van der Waals surface area contributed by atoms with Gasteiger partial charge in [-0.1, -0.05) is 41.4 Å². The number of nitrogens with zero attached hydrogens (tertiary/aromatic N) is 2. The van der Waals surface area contributed by atoms with Crippen molar-refractivity contribution in [3.63, 3.8) is 0 Å². The van der Waals surface area contributed by atoms with E-state index in [1.165, 1.54) is 16.7 Å². The Morgan fingerprint density at radius 3 is 2.50 bits per heavy atom. The van der Waals surface area contributed by atoms with Gasteiger partial charge in [0.2, 0.25) is 0 Å². The van der Waals surface area contributed by atoms with Crippen LogP contribution in [0, 0.1) is 6.92 Å². The van der Waals surface area contributed by atoms with Crippen LogP contribution in [0.25, 0.3) is 0 Å². The molecule has 2 amide bonds. The van der Waals surface area contributed by atoms with Crippen LogP contribution in [-0.2, 0) is 11.3 Å². The standard InChI is InChI=1S/C26H28ClN3O4/c1-4-29(5-2)24(31)17-34-23-12-11-20(15-22(23)27)28-25(32)21-10-7-13-30(26(21)33)16-19-9-6-8-18(3)14-19/h6-15H,4-5,16-17H2,1-3H3,(H,28,32). The molecule has 0 bridgehead atoms. The number of anilines is 1. The average molecular weight is 482 g/mol. The lowest BCUT2D eigenvalue weighted by molar-refractivity contribution is -0.132. The molecule has 0 fully saturated rings. The van der Waals surface area contributed by atoms with Crippen LogP contribution in [-0.4, -0.2) is 41.0 Å². The summed E-state index contributed by atoms with van der Waals surface area (Å²) in [5.41, 5.74) is 2.12. The highest BCUT2D eigenvalue weighted by Gasteiger charge is 2.15. The largest absolute Gasteiger partial charge is 0.482 e. The number of halogens is 1. The van der Waals surface area contributed by atoms with E-state index >= 15 is 0 Å². The lowest BCUT2D eigenvalue weighted by Gasteiger charge is -2.19. The Balaban J connectivity index is 1.69. The van der Waals surface area contributed by atoms with Crippen molar-refractivity contribution in [3.8, 4) is 5.75 Å². The number of benzene rings is 2. The zero-order valence-electron chi connectivity index (χ0n) is 19.5. The lowest BCUT2D eigenvalue weighted by atomic mass is 10.1. The second-order valence-electron chi connectivity index (χ2n) is 7.80. The number of hydrogen-bond acceptors (Lipinski definition) is 4. The SMILES string of the molecule is CCN(CC)C(=O)COc1ccc(NC(=O)c2cccn(Cc3cccc(C)c3)c2=O)cc1Cl. The predicted octanol–water partition coefficient (Wildman–Crippen LogP) is 4.36. The fraction of sp³-hybridized carbons (Fsp3) is 0.269. The van der Waals surface area contributed by atoms with E-state index in [9.17, 15) is 14.4 Å². The van der Waals surface area contributed by atoms with Crippen molar-refractivity contribution in [2.45, 2.75) is 27.3 Å². The van der Waals surface area contributed by atoms with Crippen LogP contribution in [0.5, 0.6) is 5.75 Å². The Kier molecular flexibility index (Phi) is 8.49. The van der Waals surface area contributed by atoms with Gasteiger partial charge < -0.3 is 19.5 Å². The first kappa shape index (κ1) is 25.1. The molecule has 0 aliphatic rings. The van der Waals surface area contributed by atoms with E-state index in [1.54, 1.807) is 29.3 Å². The fourth-order valence-corrected chi connectivity index (χ4v) is 3.78. The van der Waals surface area contributed by atoms with Gasteiger partial charge in [0.25, 0.3) is 17.4 Å². The van der Waals surface area contributed by atoms with Crippen LogP contribution in [0.3, 0.4) is 0 Å². The summed E-state index contributed by atoms with van der Waals surface area (Å²) in [7, 11) is 0. The highest BCUT2D eigenvalue weighted by atomic mass is 35.5. The third kappa shape index (κ3) is 6.26. The van der Waals surface area contributed by atoms with Gasteiger partial charge in [-0.15, -0.1) is 0 Å². The molecule has 0 aliphatic heterocycles. The quantitative estimate of drug-likeness (QED) is 0.492. The Bertz CT molecular complexity index is 1230. The van der Waals surface area contributed by atoms with Crippen molar-refractivity contribution in [1.29, 1.82) is 0 Å². The normalized spacial score (nSPS) is 10.6. The van der Waals surface area contributed by atoms with Crippen molar-refractivity contribution >= 4 is 29.1 Å². The van der Waals surface area contributed by atoms with Crippen LogP contribution < -0.4 is 15.6 Å². The van der Waals surface area contributed by atoms with Crippen LogP contribution in [0.1, 0.15) is 35.3 Å². The molecule has 0 saturated heterocycles. The summed E-state index contributed by atoms with van der Waals surface area (Å²) in [4.78, 5) is 39.5. The number of aromatic nitrogens is 1. The van der Waals surface area contributed by atoms with E-state index in [1.807, 2.05) is 45.0 Å². The number of amides is 2. The Morgan fingerprint density at radius 2 is 1.82 bits per heavy atom. The number of rotatable bonds is 9. The van der Waals surface area contributed by atoms with Crippen molar-refractivity contribution < 1.29 is 14.3 Å². The number of aryl methyl sites for hydroxylation is 1. The van der Waals surface area contributed by atoms with E-state index in [0.717, 1.165) is 11.1 Å². The molecule has 2 aromatic carbocycles. The molecule has 0 spiro atoms. The van der Waals surface area contributed by atoms with Gasteiger partial charge in [-0.05, 0) is 56.7 Å². The Labute approximate surface area is 203 Å². The summed E-state index contributed by atoms with van der Waals surface area (Å²) < 4.78 is 7.04. The number of hydrogen-bond donors (Lipinski definition) is 1. The second-order valence-corrected chi connectivity index (χ2v) is 8.21. The second kappa shape index (κ2) is 11.5. The molecule has 7 nitrogen and oxygen atoms in total. The monoisotopic (exact) mass is 481 g/mol. The van der Waals surface area contributed by atoms with Gasteiger partial charge in [-0.3, -0.25) is 14.4 Å². The highest BCUT2D eigenvalue weighted by Crippen LogP contribution is 2.28. The van der Waals surface area contributed by atoms with E-state index in [0.29, 0.717) is 31.1 Å². The van der Waals surface area contributed by atoms with Gasteiger partial charge >= 0.3 is 0 Å². The summed E-state index contributed by atoms with van der Waals surface area (Å²) in [6, 6.07) is 15.7. The molecule has 8 heteroatoms. The minimum Gasteiger partial charge on any atom is -0.482 e. The van der Waals surface area contributed by atoms with E-state index in [2.05, 4.69) is 5.32 Å². The molecular weight excluding hydrogens is 454 g/mol. The summed E-state index contributed by atoms with van der Waals surface area (Å²) in [6.07, 6.45) is 1.66. The minimum atomic E-state index is -0.537. The van der Waals surface area contributed by atoms with Gasteiger partial charge in [-0.2, -0.15) is 0 Å². The number of carbonyl (C=O) groups is 2. The topological polar surface area (TPSA) is 80.6 Å². The molecule has 0 atom stereocenters. The van der Waals surface area contributed by atoms with E-state index < -0.39 is 5.91 Å². The fourth-order valence-electron chi connectivity index (χ4n) is 3.54. The maximum absolute atomic E-state index is 12.9. The molecule has 34 heavy (non-hydrogen) atoms.